The molecule has 1 fully saturated rings. The third-order valence-electron chi connectivity index (χ3n) is 5.58. The summed E-state index contributed by atoms with van der Waals surface area (Å²) in [6.45, 7) is 4.16. The summed E-state index contributed by atoms with van der Waals surface area (Å²) in [5, 5.41) is -0.867. The minimum atomic E-state index is -3.67. The minimum Gasteiger partial charge on any atom is -0.490 e. The molecular formula is C25H26N2O6S. The number of methoxy groups -OCH3 is 1. The molecule has 0 radical (unpaired) electrons. The van der Waals surface area contributed by atoms with Crippen molar-refractivity contribution in [2.24, 2.45) is 0 Å². The van der Waals surface area contributed by atoms with Gasteiger partial charge in [-0.1, -0.05) is 36.9 Å². The number of carbonyl (C=O) groups is 1. The van der Waals surface area contributed by atoms with E-state index in [1.807, 2.05) is 23.0 Å². The van der Waals surface area contributed by atoms with E-state index in [0.29, 0.717) is 48.1 Å². The Morgan fingerprint density at radius 2 is 1.88 bits per heavy atom. The first-order valence-electron chi connectivity index (χ1n) is 10.9. The lowest BCUT2D eigenvalue weighted by molar-refractivity contribution is -0.118. The van der Waals surface area contributed by atoms with Crippen LogP contribution in [0.25, 0.3) is 0 Å². The van der Waals surface area contributed by atoms with Crippen LogP contribution >= 0.6 is 0 Å². The molecule has 2 aliphatic rings. The Morgan fingerprint density at radius 1 is 1.12 bits per heavy atom. The fourth-order valence-electron chi connectivity index (χ4n) is 3.77. The van der Waals surface area contributed by atoms with Crippen molar-refractivity contribution < 1.29 is 27.4 Å². The molecule has 1 amide bonds. The molecule has 1 aromatic heterocycles. The highest BCUT2D eigenvalue weighted by Gasteiger charge is 2.37. The molecule has 2 heterocycles. The fraction of sp³-hybridized carbons (Fsp3) is 0.280. The van der Waals surface area contributed by atoms with Gasteiger partial charge >= 0.3 is 0 Å². The van der Waals surface area contributed by atoms with E-state index in [4.69, 9.17) is 14.2 Å². The molecule has 9 heteroatoms. The number of aromatic nitrogens is 1. The van der Waals surface area contributed by atoms with E-state index in [2.05, 4.69) is 11.6 Å². The Kier molecular flexibility index (Phi) is 7.02. The van der Waals surface area contributed by atoms with E-state index in [1.54, 1.807) is 49.6 Å². The summed E-state index contributed by atoms with van der Waals surface area (Å²) in [4.78, 5) is 15.8. The maximum absolute atomic E-state index is 12.1. The second-order valence-corrected chi connectivity index (χ2v) is 9.89. The Morgan fingerprint density at radius 3 is 2.59 bits per heavy atom. The van der Waals surface area contributed by atoms with Crippen molar-refractivity contribution >= 4 is 15.9 Å². The standard InChI is InChI=1S/C25H26N2O6S/c1-17-10-13-19(6-3-4-7-21(17)33-25-9-5-8-24(26-25)31-2)32-20-14-11-18(12-15-20)22-16-23(28)27-34(22,29)30/h3-5,7-9,11-12,14-15,19,22H,1,6,10,13,16H2,2H3,(H,27,28)/b4-3-,21-7+/t19-,22?/m0/s1. The zero-order chi connectivity index (χ0) is 24.1. The van der Waals surface area contributed by atoms with Crippen LogP contribution < -0.4 is 18.9 Å². The SMILES string of the molecule is C=C1CC[C@@H](Oc2ccc(C3CC(=O)NS3(=O)=O)cc2)C/C=C\C=C/1Oc1cccc(OC)n1. The number of benzene rings is 1. The molecule has 4 rings (SSSR count). The summed E-state index contributed by atoms with van der Waals surface area (Å²) >= 11 is 0. The zero-order valence-corrected chi connectivity index (χ0v) is 19.6. The maximum Gasteiger partial charge on any atom is 0.242 e. The Balaban J connectivity index is 1.38. The van der Waals surface area contributed by atoms with Crippen molar-refractivity contribution in [1.82, 2.24) is 9.71 Å². The number of hydrogen-bond acceptors (Lipinski definition) is 7. The molecule has 0 spiro atoms. The van der Waals surface area contributed by atoms with Crippen molar-refractivity contribution in [3.05, 3.63) is 84.2 Å². The van der Waals surface area contributed by atoms with E-state index >= 15 is 0 Å². The lowest BCUT2D eigenvalue weighted by Crippen LogP contribution is -2.21. The van der Waals surface area contributed by atoms with Gasteiger partial charge in [0.25, 0.3) is 0 Å². The Labute approximate surface area is 199 Å². The molecular weight excluding hydrogens is 456 g/mol. The van der Waals surface area contributed by atoms with E-state index in [9.17, 15) is 13.2 Å². The number of nitrogens with one attached hydrogen (secondary N) is 1. The molecule has 8 nitrogen and oxygen atoms in total. The molecule has 1 N–H and O–H groups in total. The number of carbonyl (C=O) groups excluding carboxylic acids is 1. The van der Waals surface area contributed by atoms with Gasteiger partial charge in [0.05, 0.1) is 13.5 Å². The highest BCUT2D eigenvalue weighted by atomic mass is 32.2. The average Bonchev–Trinajstić information content (AvgIpc) is 3.14. The van der Waals surface area contributed by atoms with Gasteiger partial charge in [0.15, 0.2) is 0 Å². The predicted octanol–water partition coefficient (Wildman–Crippen LogP) is 3.99. The molecule has 2 atom stereocenters. The van der Waals surface area contributed by atoms with Gasteiger partial charge < -0.3 is 14.2 Å². The molecule has 0 bridgehead atoms. The highest BCUT2D eigenvalue weighted by molar-refractivity contribution is 7.90. The number of amides is 1. The molecule has 1 saturated heterocycles. The summed E-state index contributed by atoms with van der Waals surface area (Å²) in [6.07, 6.45) is 7.66. The second-order valence-electron chi connectivity index (χ2n) is 8.03. The number of sulfonamides is 1. The lowest BCUT2D eigenvalue weighted by Gasteiger charge is -2.19. The van der Waals surface area contributed by atoms with Crippen LogP contribution in [-0.4, -0.2) is 32.5 Å². The lowest BCUT2D eigenvalue weighted by atomic mass is 10.1. The van der Waals surface area contributed by atoms with Crippen molar-refractivity contribution in [1.29, 1.82) is 0 Å². The highest BCUT2D eigenvalue weighted by Crippen LogP contribution is 2.31. The quantitative estimate of drug-likeness (QED) is 0.664. The maximum atomic E-state index is 12.1. The average molecular weight is 483 g/mol. The third kappa shape index (κ3) is 5.66. The number of hydrogen-bond donors (Lipinski definition) is 1. The molecule has 1 aliphatic heterocycles. The third-order valence-corrected chi connectivity index (χ3v) is 7.28. The first-order chi connectivity index (χ1) is 16.3. The second kappa shape index (κ2) is 10.1. The summed E-state index contributed by atoms with van der Waals surface area (Å²) in [6, 6.07) is 12.2. The van der Waals surface area contributed by atoms with E-state index < -0.39 is 21.2 Å². The number of ether oxygens (including phenoxy) is 3. The molecule has 34 heavy (non-hydrogen) atoms. The van der Waals surface area contributed by atoms with Crippen LogP contribution in [0.2, 0.25) is 0 Å². The molecule has 0 saturated carbocycles. The minimum absolute atomic E-state index is 0.0687. The van der Waals surface area contributed by atoms with E-state index in [-0.39, 0.29) is 12.5 Å². The number of pyridine rings is 1. The van der Waals surface area contributed by atoms with Gasteiger partial charge in [0.1, 0.15) is 22.9 Å². The van der Waals surface area contributed by atoms with Gasteiger partial charge in [-0.25, -0.2) is 8.42 Å². The van der Waals surface area contributed by atoms with Crippen LogP contribution in [0.4, 0.5) is 0 Å². The van der Waals surface area contributed by atoms with E-state index in [0.717, 1.165) is 5.57 Å². The summed E-state index contributed by atoms with van der Waals surface area (Å²) in [7, 11) is -2.12. The summed E-state index contributed by atoms with van der Waals surface area (Å²) < 4.78 is 43.4. The van der Waals surface area contributed by atoms with Crippen molar-refractivity contribution in [3.63, 3.8) is 0 Å². The number of allylic oxidation sites excluding steroid dienone is 3. The number of nitrogens with zero attached hydrogens (tertiary/aromatic N) is 1. The van der Waals surface area contributed by atoms with Gasteiger partial charge in [0, 0.05) is 18.6 Å². The van der Waals surface area contributed by atoms with Gasteiger partial charge in [-0.2, -0.15) is 4.98 Å². The molecule has 2 aromatic rings. The van der Waals surface area contributed by atoms with Crippen LogP contribution in [-0.2, 0) is 14.8 Å². The summed E-state index contributed by atoms with van der Waals surface area (Å²) in [5.41, 5.74) is 1.38. The molecule has 1 aromatic carbocycles. The first kappa shape index (κ1) is 23.6. The Hall–Kier alpha value is -3.59. The van der Waals surface area contributed by atoms with Crippen LogP contribution in [0.3, 0.4) is 0 Å². The zero-order valence-electron chi connectivity index (χ0n) is 18.8. The fourth-order valence-corrected chi connectivity index (χ4v) is 5.20. The molecule has 1 unspecified atom stereocenters. The summed E-state index contributed by atoms with van der Waals surface area (Å²) in [5.74, 6) is 1.67. The monoisotopic (exact) mass is 482 g/mol. The molecule has 178 valence electrons. The van der Waals surface area contributed by atoms with Gasteiger partial charge in [-0.15, -0.1) is 0 Å². The molecule has 1 aliphatic carbocycles. The van der Waals surface area contributed by atoms with Crippen LogP contribution in [0, 0.1) is 0 Å². The Bertz CT molecular complexity index is 1230. The largest absolute Gasteiger partial charge is 0.490 e. The van der Waals surface area contributed by atoms with Crippen LogP contribution in [0.1, 0.15) is 36.5 Å². The smallest absolute Gasteiger partial charge is 0.242 e. The number of rotatable bonds is 6. The van der Waals surface area contributed by atoms with Gasteiger partial charge in [0.2, 0.25) is 27.7 Å². The topological polar surface area (TPSA) is 104 Å². The van der Waals surface area contributed by atoms with E-state index in [1.165, 1.54) is 0 Å². The van der Waals surface area contributed by atoms with Crippen LogP contribution in [0.5, 0.6) is 17.5 Å². The van der Waals surface area contributed by atoms with Crippen LogP contribution in [0.15, 0.2) is 78.6 Å². The first-order valence-corrected chi connectivity index (χ1v) is 12.4. The van der Waals surface area contributed by atoms with Crippen molar-refractivity contribution in [3.8, 4) is 17.5 Å². The van der Waals surface area contributed by atoms with Gasteiger partial charge in [-0.05, 0) is 42.2 Å². The van der Waals surface area contributed by atoms with Crippen molar-refractivity contribution in [2.75, 3.05) is 7.11 Å². The predicted molar refractivity (Wildman–Crippen MR) is 127 cm³/mol. The normalized spacial score (nSPS) is 24.6. The van der Waals surface area contributed by atoms with Gasteiger partial charge in [-0.3, -0.25) is 9.52 Å². The van der Waals surface area contributed by atoms with Crippen molar-refractivity contribution in [2.45, 2.75) is 37.0 Å².